The summed E-state index contributed by atoms with van der Waals surface area (Å²) in [7, 11) is 0. The molecule has 5 aromatic carbocycles. The Morgan fingerprint density at radius 1 is 0.429 bits per heavy atom. The Morgan fingerprint density at radius 2 is 1.00 bits per heavy atom. The van der Waals surface area contributed by atoms with Crippen LogP contribution in [0.1, 0.15) is 0 Å². The van der Waals surface area contributed by atoms with E-state index < -0.39 is 0 Å². The van der Waals surface area contributed by atoms with Crippen LogP contribution in [-0.4, -0.2) is 18.4 Å². The van der Waals surface area contributed by atoms with E-state index in [-0.39, 0.29) is 0 Å². The Balaban J connectivity index is 1.58. The molecule has 0 unspecified atom stereocenters. The van der Waals surface area contributed by atoms with E-state index in [0.29, 0.717) is 0 Å². The molecule has 0 aliphatic carbocycles. The van der Waals surface area contributed by atoms with Crippen molar-refractivity contribution in [1.82, 2.24) is 18.4 Å². The SMILES string of the molecule is c1ccc2c(c1)nc1n2c2cccc3c4cccc(-n5c6ccccc6c6ccccc65)c4n1c32. The van der Waals surface area contributed by atoms with Crippen molar-refractivity contribution in [2.75, 3.05) is 0 Å². The van der Waals surface area contributed by atoms with E-state index in [9.17, 15) is 0 Å². The Kier molecular flexibility index (Phi) is 3.01. The Bertz CT molecular complexity index is 2220. The summed E-state index contributed by atoms with van der Waals surface area (Å²) in [6.07, 6.45) is 0. The summed E-state index contributed by atoms with van der Waals surface area (Å²) in [5, 5.41) is 5.05. The normalized spacial score (nSPS) is 12.6. The van der Waals surface area contributed by atoms with Crippen LogP contribution in [0.3, 0.4) is 0 Å². The largest absolute Gasteiger partial charge is 0.307 e. The lowest BCUT2D eigenvalue weighted by molar-refractivity contribution is 1.16. The predicted octanol–water partition coefficient (Wildman–Crippen LogP) is 7.58. The predicted molar refractivity (Wildman–Crippen MR) is 144 cm³/mol. The first-order valence-corrected chi connectivity index (χ1v) is 11.9. The molecule has 0 aliphatic heterocycles. The summed E-state index contributed by atoms with van der Waals surface area (Å²) < 4.78 is 7.10. The van der Waals surface area contributed by atoms with Gasteiger partial charge in [0, 0.05) is 21.5 Å². The van der Waals surface area contributed by atoms with Gasteiger partial charge in [-0.2, -0.15) is 0 Å². The minimum Gasteiger partial charge on any atom is -0.307 e. The molecule has 0 N–H and O–H groups in total. The van der Waals surface area contributed by atoms with Gasteiger partial charge < -0.3 is 4.57 Å². The number of para-hydroxylation sites is 6. The number of hydrogen-bond donors (Lipinski definition) is 0. The van der Waals surface area contributed by atoms with Gasteiger partial charge in [-0.25, -0.2) is 4.98 Å². The molecular weight excluding hydrogens is 428 g/mol. The number of imidazole rings is 2. The van der Waals surface area contributed by atoms with Crippen LogP contribution in [0.2, 0.25) is 0 Å². The molecule has 0 fully saturated rings. The van der Waals surface area contributed by atoms with Gasteiger partial charge in [0.2, 0.25) is 5.78 Å². The average molecular weight is 447 g/mol. The van der Waals surface area contributed by atoms with Crippen molar-refractivity contribution in [3.63, 3.8) is 0 Å². The average Bonchev–Trinajstić information content (AvgIpc) is 3.63. The zero-order chi connectivity index (χ0) is 22.7. The van der Waals surface area contributed by atoms with Crippen molar-refractivity contribution in [2.45, 2.75) is 0 Å². The van der Waals surface area contributed by atoms with Crippen LogP contribution in [0.4, 0.5) is 0 Å². The number of benzene rings is 5. The van der Waals surface area contributed by atoms with Gasteiger partial charge >= 0.3 is 0 Å². The molecule has 0 radical (unpaired) electrons. The third-order valence-electron chi connectivity index (χ3n) is 7.57. The molecule has 0 bridgehead atoms. The highest BCUT2D eigenvalue weighted by atomic mass is 15.2. The van der Waals surface area contributed by atoms with E-state index in [2.05, 4.69) is 123 Å². The molecule has 0 saturated carbocycles. The smallest absolute Gasteiger partial charge is 0.220 e. The van der Waals surface area contributed by atoms with E-state index >= 15 is 0 Å². The maximum Gasteiger partial charge on any atom is 0.220 e. The summed E-state index contributed by atoms with van der Waals surface area (Å²) >= 11 is 0. The fourth-order valence-corrected chi connectivity index (χ4v) is 6.22. The second kappa shape index (κ2) is 5.99. The molecule has 9 rings (SSSR count). The van der Waals surface area contributed by atoms with Crippen molar-refractivity contribution in [1.29, 1.82) is 0 Å². The molecule has 162 valence electrons. The van der Waals surface area contributed by atoms with E-state index in [4.69, 9.17) is 4.98 Å². The van der Waals surface area contributed by atoms with Crippen LogP contribution < -0.4 is 0 Å². The Hall–Kier alpha value is -4.83. The van der Waals surface area contributed by atoms with Crippen LogP contribution in [0.5, 0.6) is 0 Å². The summed E-state index contributed by atoms with van der Waals surface area (Å²) in [4.78, 5) is 5.12. The molecule has 35 heavy (non-hydrogen) atoms. The standard InChI is InChI=1S/C31H18N4/c1-4-14-24-19(9-1)20-10-2-5-15-25(20)33(24)27-17-7-11-21-22-12-8-18-28-30(22)35(29(21)27)31-32-23-13-3-6-16-26(23)34(28)31/h1-18H. The lowest BCUT2D eigenvalue weighted by Gasteiger charge is -2.10. The quantitative estimate of drug-likeness (QED) is 0.255. The van der Waals surface area contributed by atoms with Crippen molar-refractivity contribution in [3.05, 3.63) is 109 Å². The summed E-state index contributed by atoms with van der Waals surface area (Å²) in [6.45, 7) is 0. The summed E-state index contributed by atoms with van der Waals surface area (Å²) in [6, 6.07) is 39.1. The minimum atomic E-state index is 0.959. The van der Waals surface area contributed by atoms with Gasteiger partial charge in [-0.1, -0.05) is 72.8 Å². The van der Waals surface area contributed by atoms with Crippen LogP contribution in [0, 0.1) is 0 Å². The highest BCUT2D eigenvalue weighted by Gasteiger charge is 2.23. The molecule has 0 amide bonds. The molecule has 4 heterocycles. The second-order valence-electron chi connectivity index (χ2n) is 9.29. The highest BCUT2D eigenvalue weighted by molar-refractivity contribution is 6.19. The van der Waals surface area contributed by atoms with Crippen LogP contribution in [0.15, 0.2) is 109 Å². The molecule has 0 saturated heterocycles. The first-order valence-electron chi connectivity index (χ1n) is 11.9. The number of fused-ring (bicyclic) bond motifs is 11. The summed E-state index contributed by atoms with van der Waals surface area (Å²) in [5.41, 5.74) is 9.36. The molecule has 4 aromatic heterocycles. The fraction of sp³-hybridized carbons (Fsp3) is 0. The topological polar surface area (TPSA) is 26.6 Å². The maximum atomic E-state index is 5.12. The van der Waals surface area contributed by atoms with Crippen molar-refractivity contribution in [2.24, 2.45) is 0 Å². The summed E-state index contributed by atoms with van der Waals surface area (Å²) in [5.74, 6) is 0.959. The second-order valence-corrected chi connectivity index (χ2v) is 9.29. The van der Waals surface area contributed by atoms with E-state index in [0.717, 1.165) is 16.8 Å². The van der Waals surface area contributed by atoms with Crippen molar-refractivity contribution < 1.29 is 0 Å². The van der Waals surface area contributed by atoms with E-state index in [1.54, 1.807) is 0 Å². The van der Waals surface area contributed by atoms with Crippen LogP contribution in [0.25, 0.3) is 71.6 Å². The van der Waals surface area contributed by atoms with Crippen molar-refractivity contribution >= 4 is 65.9 Å². The number of rotatable bonds is 1. The third-order valence-corrected chi connectivity index (χ3v) is 7.57. The monoisotopic (exact) mass is 446 g/mol. The fourth-order valence-electron chi connectivity index (χ4n) is 6.22. The lowest BCUT2D eigenvalue weighted by atomic mass is 10.1. The highest BCUT2D eigenvalue weighted by Crippen LogP contribution is 2.41. The van der Waals surface area contributed by atoms with Crippen LogP contribution in [-0.2, 0) is 0 Å². The molecular formula is C31H18N4. The van der Waals surface area contributed by atoms with Gasteiger partial charge in [0.15, 0.2) is 0 Å². The first kappa shape index (κ1) is 17.6. The zero-order valence-electron chi connectivity index (χ0n) is 18.7. The molecule has 0 spiro atoms. The van der Waals surface area contributed by atoms with E-state index in [1.807, 2.05) is 0 Å². The van der Waals surface area contributed by atoms with Gasteiger partial charge in [0.25, 0.3) is 0 Å². The number of nitrogens with zero attached hydrogens (tertiary/aromatic N) is 4. The molecule has 0 atom stereocenters. The number of hydrogen-bond acceptors (Lipinski definition) is 1. The van der Waals surface area contributed by atoms with Gasteiger partial charge in [0.1, 0.15) is 0 Å². The Labute approximate surface area is 199 Å². The molecule has 0 aliphatic rings. The maximum absolute atomic E-state index is 5.12. The van der Waals surface area contributed by atoms with Gasteiger partial charge in [-0.05, 0) is 36.4 Å². The molecule has 9 aromatic rings. The zero-order valence-corrected chi connectivity index (χ0v) is 18.7. The first-order chi connectivity index (χ1) is 17.4. The minimum absolute atomic E-state index is 0.959. The van der Waals surface area contributed by atoms with Crippen LogP contribution >= 0.6 is 0 Å². The van der Waals surface area contributed by atoms with Gasteiger partial charge in [-0.15, -0.1) is 0 Å². The third kappa shape index (κ3) is 1.98. The molecule has 4 nitrogen and oxygen atoms in total. The van der Waals surface area contributed by atoms with Gasteiger partial charge in [-0.3, -0.25) is 8.80 Å². The number of aromatic nitrogens is 4. The lowest BCUT2D eigenvalue weighted by Crippen LogP contribution is -1.97. The van der Waals surface area contributed by atoms with E-state index in [1.165, 1.54) is 54.8 Å². The molecule has 4 heteroatoms. The van der Waals surface area contributed by atoms with Crippen molar-refractivity contribution in [3.8, 4) is 5.69 Å². The Morgan fingerprint density at radius 3 is 1.77 bits per heavy atom. The van der Waals surface area contributed by atoms with Gasteiger partial charge in [0.05, 0.1) is 44.3 Å².